The molecule has 0 aliphatic rings. The number of benzene rings is 2. The maximum atomic E-state index is 12.5. The first-order valence-corrected chi connectivity index (χ1v) is 11.1. The van der Waals surface area contributed by atoms with Crippen molar-refractivity contribution in [3.63, 3.8) is 0 Å². The summed E-state index contributed by atoms with van der Waals surface area (Å²) in [5.74, 6) is -1.64. The molecule has 3 rings (SSSR count). The number of aromatic nitrogens is 1. The second-order valence-electron chi connectivity index (χ2n) is 8.13. The predicted molar refractivity (Wildman–Crippen MR) is 127 cm³/mol. The highest BCUT2D eigenvalue weighted by Crippen LogP contribution is 2.12. The first-order valence-electron chi connectivity index (χ1n) is 11.1. The Morgan fingerprint density at radius 1 is 0.886 bits per heavy atom. The predicted octanol–water partition coefficient (Wildman–Crippen LogP) is 2.42. The van der Waals surface area contributed by atoms with Gasteiger partial charge in [-0.05, 0) is 36.6 Å². The summed E-state index contributed by atoms with van der Waals surface area (Å²) in [4.78, 5) is 36.2. The highest BCUT2D eigenvalue weighted by molar-refractivity contribution is 5.96. The van der Waals surface area contributed by atoms with E-state index in [4.69, 9.17) is 4.74 Å². The van der Waals surface area contributed by atoms with Crippen molar-refractivity contribution in [2.75, 3.05) is 0 Å². The van der Waals surface area contributed by atoms with Gasteiger partial charge in [-0.2, -0.15) is 4.57 Å². The van der Waals surface area contributed by atoms with Gasteiger partial charge in [0.05, 0.1) is 5.56 Å². The van der Waals surface area contributed by atoms with Crippen molar-refractivity contribution in [1.29, 1.82) is 0 Å². The summed E-state index contributed by atoms with van der Waals surface area (Å²) in [6.45, 7) is 1.84. The lowest BCUT2D eigenvalue weighted by atomic mass is 10.1. The van der Waals surface area contributed by atoms with Gasteiger partial charge >= 0.3 is 12.1 Å². The highest BCUT2D eigenvalue weighted by atomic mass is 16.6. The van der Waals surface area contributed by atoms with E-state index in [1.807, 2.05) is 37.3 Å². The van der Waals surface area contributed by atoms with Crippen LogP contribution in [0.25, 0.3) is 0 Å². The number of phenols is 1. The van der Waals surface area contributed by atoms with Crippen molar-refractivity contribution in [3.8, 4) is 5.75 Å². The van der Waals surface area contributed by atoms with Gasteiger partial charge in [0.2, 0.25) is 0 Å². The average molecular weight is 479 g/mol. The number of phenolic OH excluding ortho intramolecular Hbond substituents is 1. The first kappa shape index (κ1) is 25.2. The Hall–Kier alpha value is -4.40. The van der Waals surface area contributed by atoms with Crippen LogP contribution in [0.1, 0.15) is 28.4 Å². The zero-order chi connectivity index (χ0) is 25.2. The van der Waals surface area contributed by atoms with E-state index in [0.717, 1.165) is 5.56 Å². The summed E-state index contributed by atoms with van der Waals surface area (Å²) in [5.41, 5.74) is 2.03. The van der Waals surface area contributed by atoms with Crippen molar-refractivity contribution in [2.24, 2.45) is 0 Å². The third-order valence-corrected chi connectivity index (χ3v) is 5.23. The quantitative estimate of drug-likeness (QED) is 0.331. The molecule has 35 heavy (non-hydrogen) atoms. The molecule has 9 heteroatoms. The Balaban J connectivity index is 1.48. The molecule has 0 aliphatic carbocycles. The van der Waals surface area contributed by atoms with E-state index in [-0.39, 0.29) is 30.5 Å². The molecule has 0 unspecified atom stereocenters. The number of carboxylic acids is 1. The summed E-state index contributed by atoms with van der Waals surface area (Å²) >= 11 is 0. The van der Waals surface area contributed by atoms with Crippen LogP contribution >= 0.6 is 0 Å². The maximum Gasteiger partial charge on any atom is 0.412 e. The number of amides is 2. The Bertz CT molecular complexity index is 1130. The topological polar surface area (TPSA) is 129 Å². The monoisotopic (exact) mass is 478 g/mol. The van der Waals surface area contributed by atoms with Gasteiger partial charge in [-0.15, -0.1) is 0 Å². The van der Waals surface area contributed by atoms with Gasteiger partial charge in [-0.25, -0.2) is 9.59 Å². The molecule has 0 spiro atoms. The Labute approximate surface area is 203 Å². The minimum absolute atomic E-state index is 0.0512. The number of alkyl carbamates (subject to hydrolysis) is 1. The number of nitrogens with zero attached hydrogens (tertiary/aromatic N) is 1. The van der Waals surface area contributed by atoms with Crippen LogP contribution in [0.15, 0.2) is 79.1 Å². The molecule has 1 heterocycles. The van der Waals surface area contributed by atoms with Crippen molar-refractivity contribution in [3.05, 3.63) is 95.8 Å². The van der Waals surface area contributed by atoms with Crippen LogP contribution < -0.4 is 15.2 Å². The molecule has 4 N–H and O–H groups in total. The fourth-order valence-electron chi connectivity index (χ4n) is 3.40. The van der Waals surface area contributed by atoms with E-state index in [2.05, 4.69) is 10.6 Å². The van der Waals surface area contributed by atoms with Crippen LogP contribution in [0.2, 0.25) is 0 Å². The fraction of sp³-hybridized carbons (Fsp3) is 0.231. The minimum atomic E-state index is -1.17. The van der Waals surface area contributed by atoms with Gasteiger partial charge in [0.25, 0.3) is 12.6 Å². The molecule has 2 amide bonds. The molecule has 0 bridgehead atoms. The molecule has 2 aromatic carbocycles. The van der Waals surface area contributed by atoms with Crippen LogP contribution in [-0.2, 0) is 29.1 Å². The lowest BCUT2D eigenvalue weighted by Gasteiger charge is -2.14. The summed E-state index contributed by atoms with van der Waals surface area (Å²) in [6.07, 6.45) is 3.31. The molecule has 0 aliphatic heterocycles. The number of carbonyl (C=O) groups excluding carboxylic acids is 2. The third-order valence-electron chi connectivity index (χ3n) is 5.23. The van der Waals surface area contributed by atoms with Gasteiger partial charge in [-0.1, -0.05) is 42.5 Å². The number of aliphatic carboxylic acids is 1. The zero-order valence-electron chi connectivity index (χ0n) is 19.3. The Morgan fingerprint density at radius 2 is 1.51 bits per heavy atom. The molecular weight excluding hydrogens is 450 g/mol. The fourth-order valence-corrected chi connectivity index (χ4v) is 3.40. The second kappa shape index (κ2) is 12.2. The average Bonchev–Trinajstić information content (AvgIpc) is 2.84. The maximum absolute atomic E-state index is 12.5. The lowest BCUT2D eigenvalue weighted by molar-refractivity contribution is -0.727. The molecule has 182 valence electrons. The van der Waals surface area contributed by atoms with E-state index >= 15 is 0 Å². The molecule has 0 fully saturated rings. The number of hydrogen-bond donors (Lipinski definition) is 4. The molecule has 1 aromatic heterocycles. The van der Waals surface area contributed by atoms with Gasteiger partial charge in [-0.3, -0.25) is 4.79 Å². The molecule has 9 nitrogen and oxygen atoms in total. The third kappa shape index (κ3) is 8.15. The van der Waals surface area contributed by atoms with Crippen molar-refractivity contribution < 1.29 is 33.9 Å². The van der Waals surface area contributed by atoms with Gasteiger partial charge in [0.1, 0.15) is 11.8 Å². The summed E-state index contributed by atoms with van der Waals surface area (Å²) in [7, 11) is 0. The van der Waals surface area contributed by atoms with Crippen LogP contribution in [-0.4, -0.2) is 40.3 Å². The lowest BCUT2D eigenvalue weighted by Crippen LogP contribution is -2.43. The largest absolute Gasteiger partial charge is 0.508 e. The molecule has 2 atom stereocenters. The van der Waals surface area contributed by atoms with E-state index in [1.165, 1.54) is 24.3 Å². The standard InChI is InChI=1S/C26H27N3O6/c1-18(15-19-5-3-2-4-6-19)27-26(34)35-17-29-13-11-21(12-14-29)24(31)28-23(25(32)33)16-20-7-9-22(30)10-8-20/h2-14,18,23H,15-17H2,1H3,(H3-,27,28,30,31,32,33,34)/p+1/t18-,23-/m0/s1. The van der Waals surface area contributed by atoms with E-state index in [9.17, 15) is 24.6 Å². The molecule has 0 radical (unpaired) electrons. The van der Waals surface area contributed by atoms with Crippen molar-refractivity contribution >= 4 is 18.0 Å². The van der Waals surface area contributed by atoms with E-state index in [0.29, 0.717) is 12.0 Å². The zero-order valence-corrected chi connectivity index (χ0v) is 19.3. The van der Waals surface area contributed by atoms with Crippen LogP contribution in [0.3, 0.4) is 0 Å². The number of pyridine rings is 1. The number of ether oxygens (including phenoxy) is 1. The molecule has 0 saturated heterocycles. The van der Waals surface area contributed by atoms with Gasteiger partial charge in [0, 0.05) is 24.6 Å². The Kier molecular flexibility index (Phi) is 8.77. The van der Waals surface area contributed by atoms with Gasteiger partial charge in [0.15, 0.2) is 12.4 Å². The normalized spacial score (nSPS) is 12.3. The van der Waals surface area contributed by atoms with Gasteiger partial charge < -0.3 is 25.6 Å². The Morgan fingerprint density at radius 3 is 2.14 bits per heavy atom. The smallest absolute Gasteiger partial charge is 0.412 e. The van der Waals surface area contributed by atoms with Crippen LogP contribution in [0.5, 0.6) is 5.75 Å². The van der Waals surface area contributed by atoms with Crippen LogP contribution in [0, 0.1) is 0 Å². The summed E-state index contributed by atoms with van der Waals surface area (Å²) in [5, 5.41) is 24.1. The second-order valence-corrected chi connectivity index (χ2v) is 8.13. The molecular formula is C26H28N3O6+. The summed E-state index contributed by atoms with van der Waals surface area (Å²) < 4.78 is 6.80. The number of nitrogens with one attached hydrogen (secondary N) is 2. The number of hydrogen-bond acceptors (Lipinski definition) is 5. The summed E-state index contributed by atoms with van der Waals surface area (Å²) in [6, 6.07) is 17.7. The van der Waals surface area contributed by atoms with Crippen molar-refractivity contribution in [1.82, 2.24) is 10.6 Å². The minimum Gasteiger partial charge on any atom is -0.508 e. The van der Waals surface area contributed by atoms with Crippen LogP contribution in [0.4, 0.5) is 4.79 Å². The SMILES string of the molecule is C[C@@H](Cc1ccccc1)NC(=O)OC[n+]1ccc(C(=O)N[C@@H](Cc2ccc(O)cc2)C(=O)O)cc1. The molecule has 3 aromatic rings. The van der Waals surface area contributed by atoms with E-state index in [1.54, 1.807) is 29.1 Å². The molecule has 0 saturated carbocycles. The number of carboxylic acid groups (broad SMARTS) is 1. The number of rotatable bonds is 10. The number of carbonyl (C=O) groups is 3. The first-order chi connectivity index (χ1) is 16.8. The number of aromatic hydroxyl groups is 1. The van der Waals surface area contributed by atoms with E-state index < -0.39 is 24.0 Å². The highest BCUT2D eigenvalue weighted by Gasteiger charge is 2.22. The van der Waals surface area contributed by atoms with Crippen molar-refractivity contribution in [2.45, 2.75) is 38.6 Å².